The van der Waals surface area contributed by atoms with Gasteiger partial charge in [-0.3, -0.25) is 14.4 Å². The standard InChI is InChI=1S/C21H28N2O5/c1-15(24)23-11-8-16-5-2-3-7-18(16)19(23)13-20(25)22(10-9-21(26)27)14-17-6-4-12-28-17/h2-3,5,7,17,19H,4,6,8-14H2,1H3,(H,26,27)/t17-,19+/m0/s1. The Hall–Kier alpha value is -2.41. The first-order valence-corrected chi connectivity index (χ1v) is 9.92. The number of nitrogens with zero attached hydrogens (tertiary/aromatic N) is 2. The van der Waals surface area contributed by atoms with Gasteiger partial charge in [0.1, 0.15) is 0 Å². The first-order chi connectivity index (χ1) is 13.5. The molecule has 0 aromatic heterocycles. The van der Waals surface area contributed by atoms with Crippen LogP contribution in [0.4, 0.5) is 0 Å². The van der Waals surface area contributed by atoms with Gasteiger partial charge >= 0.3 is 5.97 Å². The van der Waals surface area contributed by atoms with Crippen LogP contribution in [0.15, 0.2) is 24.3 Å². The molecule has 7 nitrogen and oxygen atoms in total. The van der Waals surface area contributed by atoms with E-state index in [0.29, 0.717) is 19.7 Å². The number of ether oxygens (including phenoxy) is 1. The molecule has 2 aliphatic rings. The fourth-order valence-electron chi connectivity index (χ4n) is 4.13. The summed E-state index contributed by atoms with van der Waals surface area (Å²) in [5.74, 6) is -1.12. The number of benzene rings is 1. The number of carbonyl (C=O) groups is 3. The molecule has 0 bridgehead atoms. The molecule has 0 aliphatic carbocycles. The van der Waals surface area contributed by atoms with Gasteiger partial charge in [0.2, 0.25) is 11.8 Å². The average Bonchev–Trinajstić information content (AvgIpc) is 3.18. The van der Waals surface area contributed by atoms with E-state index in [1.165, 1.54) is 6.92 Å². The van der Waals surface area contributed by atoms with Crippen molar-refractivity contribution in [1.29, 1.82) is 0 Å². The van der Waals surface area contributed by atoms with Crippen LogP contribution in [0.25, 0.3) is 0 Å². The zero-order valence-electron chi connectivity index (χ0n) is 16.3. The van der Waals surface area contributed by atoms with E-state index < -0.39 is 5.97 Å². The molecule has 7 heteroatoms. The molecule has 28 heavy (non-hydrogen) atoms. The third-order valence-electron chi connectivity index (χ3n) is 5.58. The van der Waals surface area contributed by atoms with Gasteiger partial charge < -0.3 is 19.6 Å². The zero-order chi connectivity index (χ0) is 20.1. The van der Waals surface area contributed by atoms with Crippen LogP contribution in [0.2, 0.25) is 0 Å². The normalized spacial score (nSPS) is 21.2. The number of hydrogen-bond donors (Lipinski definition) is 1. The van der Waals surface area contributed by atoms with E-state index in [1.807, 2.05) is 24.3 Å². The summed E-state index contributed by atoms with van der Waals surface area (Å²) < 4.78 is 5.64. The summed E-state index contributed by atoms with van der Waals surface area (Å²) >= 11 is 0. The lowest BCUT2D eigenvalue weighted by molar-refractivity contribution is -0.140. The molecule has 152 valence electrons. The smallest absolute Gasteiger partial charge is 0.305 e. The number of carbonyl (C=O) groups excluding carboxylic acids is 2. The summed E-state index contributed by atoms with van der Waals surface area (Å²) in [6.07, 6.45) is 2.63. The molecule has 1 N–H and O–H groups in total. The SMILES string of the molecule is CC(=O)N1CCc2ccccc2[C@H]1CC(=O)N(CCC(=O)O)C[C@@H]1CCCO1. The minimum absolute atomic E-state index is 0.0414. The van der Waals surface area contributed by atoms with Crippen molar-refractivity contribution in [3.05, 3.63) is 35.4 Å². The van der Waals surface area contributed by atoms with Gasteiger partial charge in [-0.25, -0.2) is 0 Å². The number of carboxylic acids is 1. The van der Waals surface area contributed by atoms with Crippen molar-refractivity contribution in [1.82, 2.24) is 9.80 Å². The van der Waals surface area contributed by atoms with Gasteiger partial charge in [0.05, 0.1) is 25.0 Å². The highest BCUT2D eigenvalue weighted by Gasteiger charge is 2.33. The largest absolute Gasteiger partial charge is 0.481 e. The van der Waals surface area contributed by atoms with Crippen molar-refractivity contribution >= 4 is 17.8 Å². The number of fused-ring (bicyclic) bond motifs is 1. The first-order valence-electron chi connectivity index (χ1n) is 9.92. The molecule has 0 radical (unpaired) electrons. The monoisotopic (exact) mass is 388 g/mol. The summed E-state index contributed by atoms with van der Waals surface area (Å²) in [6, 6.07) is 7.60. The molecular weight excluding hydrogens is 360 g/mol. The van der Waals surface area contributed by atoms with E-state index in [2.05, 4.69) is 0 Å². The van der Waals surface area contributed by atoms with Gasteiger partial charge in [0, 0.05) is 33.2 Å². The minimum Gasteiger partial charge on any atom is -0.481 e. The second kappa shape index (κ2) is 9.19. The van der Waals surface area contributed by atoms with Crippen LogP contribution < -0.4 is 0 Å². The topological polar surface area (TPSA) is 87.2 Å². The molecule has 0 unspecified atom stereocenters. The maximum Gasteiger partial charge on any atom is 0.305 e. The van der Waals surface area contributed by atoms with Crippen molar-refractivity contribution in [2.45, 2.75) is 51.2 Å². The van der Waals surface area contributed by atoms with E-state index in [9.17, 15) is 14.4 Å². The van der Waals surface area contributed by atoms with Crippen LogP contribution in [0.1, 0.15) is 49.8 Å². The first kappa shape index (κ1) is 20.3. The maximum atomic E-state index is 13.1. The second-order valence-corrected chi connectivity index (χ2v) is 7.50. The summed E-state index contributed by atoms with van der Waals surface area (Å²) in [5.41, 5.74) is 2.17. The molecular formula is C21H28N2O5. The van der Waals surface area contributed by atoms with Crippen molar-refractivity contribution in [3.8, 4) is 0 Å². The van der Waals surface area contributed by atoms with Crippen LogP contribution in [-0.4, -0.2) is 65.0 Å². The Morgan fingerprint density at radius 3 is 2.75 bits per heavy atom. The molecule has 2 amide bonds. The summed E-state index contributed by atoms with van der Waals surface area (Å²) in [7, 11) is 0. The van der Waals surface area contributed by atoms with Crippen LogP contribution >= 0.6 is 0 Å². The number of rotatable bonds is 7. The van der Waals surface area contributed by atoms with Gasteiger partial charge in [0.25, 0.3) is 0 Å². The zero-order valence-corrected chi connectivity index (χ0v) is 16.3. The highest BCUT2D eigenvalue weighted by Crippen LogP contribution is 2.33. The summed E-state index contributed by atoms with van der Waals surface area (Å²) in [4.78, 5) is 39.7. The molecule has 0 spiro atoms. The number of aliphatic carboxylic acids is 1. The number of carboxylic acid groups (broad SMARTS) is 1. The second-order valence-electron chi connectivity index (χ2n) is 7.50. The third-order valence-corrected chi connectivity index (χ3v) is 5.58. The van der Waals surface area contributed by atoms with Crippen molar-refractivity contribution < 1.29 is 24.2 Å². The molecule has 1 fully saturated rings. The van der Waals surface area contributed by atoms with Gasteiger partial charge in [-0.2, -0.15) is 0 Å². The Labute approximate surface area is 165 Å². The van der Waals surface area contributed by atoms with Crippen molar-refractivity contribution in [3.63, 3.8) is 0 Å². The van der Waals surface area contributed by atoms with Crippen LogP contribution in [0.5, 0.6) is 0 Å². The minimum atomic E-state index is -0.932. The Morgan fingerprint density at radius 2 is 2.07 bits per heavy atom. The summed E-state index contributed by atoms with van der Waals surface area (Å²) in [6.45, 7) is 3.36. The van der Waals surface area contributed by atoms with Crippen LogP contribution in [-0.2, 0) is 25.5 Å². The molecule has 2 heterocycles. The molecule has 3 rings (SSSR count). The van der Waals surface area contributed by atoms with E-state index >= 15 is 0 Å². The quantitative estimate of drug-likeness (QED) is 0.772. The lowest BCUT2D eigenvalue weighted by Crippen LogP contribution is -2.44. The molecule has 1 saturated heterocycles. The third kappa shape index (κ3) is 4.90. The van der Waals surface area contributed by atoms with E-state index in [4.69, 9.17) is 9.84 Å². The maximum absolute atomic E-state index is 13.1. The fraction of sp³-hybridized carbons (Fsp3) is 0.571. The fourth-order valence-corrected chi connectivity index (χ4v) is 4.13. The van der Waals surface area contributed by atoms with E-state index in [-0.39, 0.29) is 43.3 Å². The average molecular weight is 388 g/mol. The van der Waals surface area contributed by atoms with Crippen molar-refractivity contribution in [2.75, 3.05) is 26.2 Å². The van der Waals surface area contributed by atoms with Gasteiger partial charge in [0.15, 0.2) is 0 Å². The van der Waals surface area contributed by atoms with E-state index in [0.717, 1.165) is 30.4 Å². The highest BCUT2D eigenvalue weighted by molar-refractivity contribution is 5.80. The van der Waals surface area contributed by atoms with Crippen LogP contribution in [0.3, 0.4) is 0 Å². The Balaban J connectivity index is 1.77. The molecule has 1 aromatic carbocycles. The Bertz CT molecular complexity index is 729. The predicted molar refractivity (Wildman–Crippen MR) is 103 cm³/mol. The summed E-state index contributed by atoms with van der Waals surface area (Å²) in [5, 5.41) is 9.05. The lowest BCUT2D eigenvalue weighted by atomic mass is 9.90. The van der Waals surface area contributed by atoms with Crippen molar-refractivity contribution in [2.24, 2.45) is 0 Å². The molecule has 0 saturated carbocycles. The molecule has 2 atom stereocenters. The van der Waals surface area contributed by atoms with Crippen LogP contribution in [0, 0.1) is 0 Å². The van der Waals surface area contributed by atoms with E-state index in [1.54, 1.807) is 9.80 Å². The number of hydrogen-bond acceptors (Lipinski definition) is 4. The van der Waals surface area contributed by atoms with Gasteiger partial charge in [-0.05, 0) is 30.4 Å². The molecule has 2 aliphatic heterocycles. The van der Waals surface area contributed by atoms with Gasteiger partial charge in [-0.1, -0.05) is 24.3 Å². The molecule has 1 aromatic rings. The van der Waals surface area contributed by atoms with Gasteiger partial charge in [-0.15, -0.1) is 0 Å². The Kier molecular flexibility index (Phi) is 6.67. The Morgan fingerprint density at radius 1 is 1.29 bits per heavy atom. The predicted octanol–water partition coefficient (Wildman–Crippen LogP) is 2.00. The highest BCUT2D eigenvalue weighted by atomic mass is 16.5. The lowest BCUT2D eigenvalue weighted by Gasteiger charge is -2.37. The number of amides is 2.